The molecular weight excluding hydrogens is 290 g/mol. The van der Waals surface area contributed by atoms with E-state index in [2.05, 4.69) is 36.0 Å². The Kier molecular flexibility index (Phi) is 4.66. The van der Waals surface area contributed by atoms with Gasteiger partial charge in [-0.2, -0.15) is 0 Å². The molecule has 0 amide bonds. The molecule has 1 aliphatic heterocycles. The van der Waals surface area contributed by atoms with E-state index in [0.29, 0.717) is 11.8 Å². The summed E-state index contributed by atoms with van der Waals surface area (Å²) in [5.74, 6) is 1.82. The Morgan fingerprint density at radius 3 is 2.65 bits per heavy atom. The number of nitrogens with zero attached hydrogens (tertiary/aromatic N) is 3. The number of pyridine rings is 1. The molecule has 23 heavy (non-hydrogen) atoms. The highest BCUT2D eigenvalue weighted by Crippen LogP contribution is 2.28. The van der Waals surface area contributed by atoms with Crippen LogP contribution < -0.4 is 5.56 Å². The van der Waals surface area contributed by atoms with Gasteiger partial charge in [0.15, 0.2) is 0 Å². The second-order valence-corrected chi connectivity index (χ2v) is 6.83. The van der Waals surface area contributed by atoms with Crippen molar-refractivity contribution in [1.29, 1.82) is 0 Å². The molecule has 2 aromatic rings. The number of rotatable bonds is 4. The first-order chi connectivity index (χ1) is 11.0. The molecule has 0 atom stereocenters. The van der Waals surface area contributed by atoms with Gasteiger partial charge in [-0.05, 0) is 43.5 Å². The minimum atomic E-state index is 0.0775. The largest absolute Gasteiger partial charge is 0.361 e. The number of hydrogen-bond acceptors (Lipinski definition) is 4. The van der Waals surface area contributed by atoms with Crippen LogP contribution in [-0.4, -0.2) is 27.7 Å². The van der Waals surface area contributed by atoms with E-state index < -0.39 is 0 Å². The third kappa shape index (κ3) is 3.72. The molecule has 3 heterocycles. The maximum Gasteiger partial charge on any atom is 0.250 e. The summed E-state index contributed by atoms with van der Waals surface area (Å²) in [6, 6.07) is 5.93. The Bertz CT molecular complexity index is 709. The predicted molar refractivity (Wildman–Crippen MR) is 89.5 cm³/mol. The second kappa shape index (κ2) is 6.71. The highest BCUT2D eigenvalue weighted by molar-refractivity contribution is 5.17. The van der Waals surface area contributed by atoms with E-state index in [1.807, 2.05) is 6.20 Å². The summed E-state index contributed by atoms with van der Waals surface area (Å²) in [5.41, 5.74) is 2.27. The molecule has 2 aromatic heterocycles. The second-order valence-electron chi connectivity index (χ2n) is 6.83. The van der Waals surface area contributed by atoms with Crippen LogP contribution in [0.25, 0.3) is 0 Å². The summed E-state index contributed by atoms with van der Waals surface area (Å²) in [5, 5.41) is 4.17. The Labute approximate surface area is 136 Å². The van der Waals surface area contributed by atoms with Crippen LogP contribution >= 0.6 is 0 Å². The van der Waals surface area contributed by atoms with Gasteiger partial charge in [-0.15, -0.1) is 0 Å². The fraction of sp³-hybridized carbons (Fsp3) is 0.556. The van der Waals surface area contributed by atoms with Crippen LogP contribution in [0.3, 0.4) is 0 Å². The van der Waals surface area contributed by atoms with Crippen molar-refractivity contribution >= 4 is 0 Å². The van der Waals surface area contributed by atoms with E-state index in [1.54, 1.807) is 17.7 Å². The minimum absolute atomic E-state index is 0.0775. The van der Waals surface area contributed by atoms with E-state index in [0.717, 1.165) is 43.9 Å². The SMILES string of the molecule is CC(C)c1cc(CN2CCC(c3ccn(C)c(=O)c3)CC2)no1. The summed E-state index contributed by atoms with van der Waals surface area (Å²) < 4.78 is 6.99. The van der Waals surface area contributed by atoms with Crippen molar-refractivity contribution in [2.45, 2.75) is 45.1 Å². The van der Waals surface area contributed by atoms with Crippen LogP contribution in [0.2, 0.25) is 0 Å². The van der Waals surface area contributed by atoms with Crippen molar-refractivity contribution in [2.75, 3.05) is 13.1 Å². The molecule has 0 aromatic carbocycles. The van der Waals surface area contributed by atoms with E-state index in [1.165, 1.54) is 5.56 Å². The molecular formula is C18H25N3O2. The molecule has 5 nitrogen and oxygen atoms in total. The van der Waals surface area contributed by atoms with Gasteiger partial charge in [-0.1, -0.05) is 19.0 Å². The zero-order chi connectivity index (χ0) is 16.4. The van der Waals surface area contributed by atoms with Crippen LogP contribution in [0.4, 0.5) is 0 Å². The van der Waals surface area contributed by atoms with Crippen molar-refractivity contribution in [2.24, 2.45) is 7.05 Å². The van der Waals surface area contributed by atoms with Gasteiger partial charge >= 0.3 is 0 Å². The third-order valence-electron chi connectivity index (χ3n) is 4.72. The molecule has 1 saturated heterocycles. The van der Waals surface area contributed by atoms with Gasteiger partial charge in [0.2, 0.25) is 0 Å². The Balaban J connectivity index is 1.57. The number of hydrogen-bond donors (Lipinski definition) is 0. The predicted octanol–water partition coefficient (Wildman–Crippen LogP) is 2.88. The molecule has 0 N–H and O–H groups in total. The lowest BCUT2D eigenvalue weighted by molar-refractivity contribution is 0.199. The highest BCUT2D eigenvalue weighted by atomic mass is 16.5. The summed E-state index contributed by atoms with van der Waals surface area (Å²) in [4.78, 5) is 14.2. The van der Waals surface area contributed by atoms with Gasteiger partial charge in [-0.25, -0.2) is 0 Å². The molecule has 124 valence electrons. The number of aromatic nitrogens is 2. The lowest BCUT2D eigenvalue weighted by Crippen LogP contribution is -2.33. The molecule has 1 fully saturated rings. The summed E-state index contributed by atoms with van der Waals surface area (Å²) in [6.45, 7) is 7.13. The maximum absolute atomic E-state index is 11.8. The van der Waals surface area contributed by atoms with Crippen LogP contribution in [0.15, 0.2) is 33.7 Å². The molecule has 0 unspecified atom stereocenters. The first kappa shape index (κ1) is 16.0. The molecule has 1 aliphatic rings. The molecule has 0 saturated carbocycles. The van der Waals surface area contributed by atoms with Gasteiger partial charge in [-0.3, -0.25) is 9.69 Å². The average Bonchev–Trinajstić information content (AvgIpc) is 3.00. The fourth-order valence-corrected chi connectivity index (χ4v) is 3.15. The van der Waals surface area contributed by atoms with Gasteiger partial charge in [0.1, 0.15) is 5.76 Å². The zero-order valence-electron chi connectivity index (χ0n) is 14.2. The van der Waals surface area contributed by atoms with Gasteiger partial charge < -0.3 is 9.09 Å². The third-order valence-corrected chi connectivity index (χ3v) is 4.72. The van der Waals surface area contributed by atoms with Gasteiger partial charge in [0, 0.05) is 37.8 Å². The Morgan fingerprint density at radius 2 is 2.04 bits per heavy atom. The van der Waals surface area contributed by atoms with Crippen LogP contribution in [0.5, 0.6) is 0 Å². The highest BCUT2D eigenvalue weighted by Gasteiger charge is 2.22. The molecule has 0 aliphatic carbocycles. The normalized spacial score (nSPS) is 17.0. The lowest BCUT2D eigenvalue weighted by Gasteiger charge is -2.31. The topological polar surface area (TPSA) is 51.3 Å². The Hall–Kier alpha value is -1.88. The van der Waals surface area contributed by atoms with Gasteiger partial charge in [0.25, 0.3) is 5.56 Å². The maximum atomic E-state index is 11.8. The van der Waals surface area contributed by atoms with Crippen LogP contribution in [-0.2, 0) is 13.6 Å². The van der Waals surface area contributed by atoms with E-state index >= 15 is 0 Å². The van der Waals surface area contributed by atoms with Gasteiger partial charge in [0.05, 0.1) is 5.69 Å². The quantitative estimate of drug-likeness (QED) is 0.870. The van der Waals surface area contributed by atoms with E-state index in [9.17, 15) is 4.79 Å². The van der Waals surface area contributed by atoms with Crippen molar-refractivity contribution in [3.05, 3.63) is 51.8 Å². The van der Waals surface area contributed by atoms with Crippen molar-refractivity contribution in [3.63, 3.8) is 0 Å². The van der Waals surface area contributed by atoms with Crippen LogP contribution in [0.1, 0.15) is 55.5 Å². The number of piperidine rings is 1. The van der Waals surface area contributed by atoms with Crippen LogP contribution in [0, 0.1) is 0 Å². The number of likely N-dealkylation sites (tertiary alicyclic amines) is 1. The van der Waals surface area contributed by atoms with Crippen molar-refractivity contribution < 1.29 is 4.52 Å². The first-order valence-electron chi connectivity index (χ1n) is 8.37. The standard InChI is InChI=1S/C18H25N3O2/c1-13(2)17-11-16(19-23-17)12-21-8-5-14(6-9-21)15-4-7-20(3)18(22)10-15/h4,7,10-11,13-14H,5-6,8-9,12H2,1-3H3. The monoisotopic (exact) mass is 315 g/mol. The molecule has 0 spiro atoms. The molecule has 5 heteroatoms. The Morgan fingerprint density at radius 1 is 1.30 bits per heavy atom. The summed E-state index contributed by atoms with van der Waals surface area (Å²) >= 11 is 0. The van der Waals surface area contributed by atoms with Crippen molar-refractivity contribution in [1.82, 2.24) is 14.6 Å². The van der Waals surface area contributed by atoms with Crippen molar-refractivity contribution in [3.8, 4) is 0 Å². The average molecular weight is 315 g/mol. The minimum Gasteiger partial charge on any atom is -0.361 e. The smallest absolute Gasteiger partial charge is 0.250 e. The zero-order valence-corrected chi connectivity index (χ0v) is 14.2. The molecule has 0 radical (unpaired) electrons. The first-order valence-corrected chi connectivity index (χ1v) is 8.37. The summed E-state index contributed by atoms with van der Waals surface area (Å²) in [6.07, 6.45) is 4.04. The fourth-order valence-electron chi connectivity index (χ4n) is 3.15. The van der Waals surface area contributed by atoms with E-state index in [4.69, 9.17) is 4.52 Å². The summed E-state index contributed by atoms with van der Waals surface area (Å²) in [7, 11) is 1.79. The molecule has 3 rings (SSSR count). The van der Waals surface area contributed by atoms with E-state index in [-0.39, 0.29) is 5.56 Å². The molecule has 0 bridgehead atoms. The lowest BCUT2D eigenvalue weighted by atomic mass is 9.90. The number of aryl methyl sites for hydroxylation is 1.